The van der Waals surface area contributed by atoms with Crippen LogP contribution in [0.1, 0.15) is 26.5 Å². The summed E-state index contributed by atoms with van der Waals surface area (Å²) >= 11 is 0. The van der Waals surface area contributed by atoms with Gasteiger partial charge in [-0.25, -0.2) is 4.79 Å². The lowest BCUT2D eigenvalue weighted by Crippen LogP contribution is -2.24. The van der Waals surface area contributed by atoms with Crippen LogP contribution in [0.25, 0.3) is 10.9 Å². The van der Waals surface area contributed by atoms with Crippen molar-refractivity contribution in [2.24, 2.45) is 7.05 Å². The van der Waals surface area contributed by atoms with Gasteiger partial charge in [-0.1, -0.05) is 23.4 Å². The number of aryl methyl sites for hydroxylation is 1. The van der Waals surface area contributed by atoms with E-state index < -0.39 is 11.9 Å². The zero-order valence-electron chi connectivity index (χ0n) is 11.7. The second kappa shape index (κ2) is 5.32. The molecule has 8 nitrogen and oxygen atoms in total. The normalized spacial score (nSPS) is 10.8. The third kappa shape index (κ3) is 2.41. The number of hydrogen-bond acceptors (Lipinski definition) is 4. The summed E-state index contributed by atoms with van der Waals surface area (Å²) in [5.41, 5.74) is 1.49. The van der Waals surface area contributed by atoms with Crippen LogP contribution in [-0.4, -0.2) is 37.0 Å². The van der Waals surface area contributed by atoms with Crippen molar-refractivity contribution < 1.29 is 14.7 Å². The summed E-state index contributed by atoms with van der Waals surface area (Å²) in [6, 6.07) is 7.22. The predicted molar refractivity (Wildman–Crippen MR) is 77.4 cm³/mol. The quantitative estimate of drug-likeness (QED) is 0.663. The lowest BCUT2D eigenvalue weighted by atomic mass is 10.1. The van der Waals surface area contributed by atoms with E-state index in [4.69, 9.17) is 0 Å². The van der Waals surface area contributed by atoms with E-state index in [1.165, 1.54) is 10.9 Å². The molecule has 22 heavy (non-hydrogen) atoms. The van der Waals surface area contributed by atoms with Crippen molar-refractivity contribution in [3.63, 3.8) is 0 Å². The molecule has 0 spiro atoms. The van der Waals surface area contributed by atoms with E-state index in [0.717, 1.165) is 5.39 Å². The second-order valence-corrected chi connectivity index (χ2v) is 4.79. The highest BCUT2D eigenvalue weighted by molar-refractivity contribution is 5.98. The van der Waals surface area contributed by atoms with Crippen LogP contribution in [0.5, 0.6) is 0 Å². The fourth-order valence-electron chi connectivity index (χ4n) is 2.28. The molecule has 0 aliphatic carbocycles. The topological polar surface area (TPSA) is 113 Å². The molecule has 0 saturated carbocycles. The van der Waals surface area contributed by atoms with Gasteiger partial charge in [0.2, 0.25) is 0 Å². The minimum Gasteiger partial charge on any atom is -0.477 e. The van der Waals surface area contributed by atoms with Crippen molar-refractivity contribution in [1.82, 2.24) is 25.3 Å². The fraction of sp³-hybridized carbons (Fsp3) is 0.143. The van der Waals surface area contributed by atoms with Gasteiger partial charge in [0.15, 0.2) is 5.69 Å². The summed E-state index contributed by atoms with van der Waals surface area (Å²) in [5, 5.41) is 20.1. The van der Waals surface area contributed by atoms with Gasteiger partial charge in [-0.2, -0.15) is 0 Å². The first-order chi connectivity index (χ1) is 10.6. The van der Waals surface area contributed by atoms with Gasteiger partial charge >= 0.3 is 5.97 Å². The highest BCUT2D eigenvalue weighted by atomic mass is 16.4. The molecule has 3 N–H and O–H groups in total. The zero-order chi connectivity index (χ0) is 15.7. The first-order valence-corrected chi connectivity index (χ1v) is 6.53. The van der Waals surface area contributed by atoms with Crippen molar-refractivity contribution in [3.8, 4) is 0 Å². The Morgan fingerprint density at radius 2 is 2.14 bits per heavy atom. The average molecular weight is 299 g/mol. The van der Waals surface area contributed by atoms with Crippen molar-refractivity contribution >= 4 is 22.8 Å². The Kier molecular flexibility index (Phi) is 3.34. The SMILES string of the molecule is Cn1cc(C(=O)NCc2c(C(=O)O)[nH]c3ccccc23)nn1. The van der Waals surface area contributed by atoms with Crippen LogP contribution in [-0.2, 0) is 13.6 Å². The smallest absolute Gasteiger partial charge is 0.352 e. The first-order valence-electron chi connectivity index (χ1n) is 6.53. The molecule has 2 aromatic heterocycles. The van der Waals surface area contributed by atoms with E-state index in [9.17, 15) is 14.7 Å². The number of carbonyl (C=O) groups is 2. The molecule has 8 heteroatoms. The van der Waals surface area contributed by atoms with Crippen LogP contribution < -0.4 is 5.32 Å². The maximum atomic E-state index is 12.0. The van der Waals surface area contributed by atoms with Gasteiger partial charge in [-0.3, -0.25) is 9.48 Å². The van der Waals surface area contributed by atoms with E-state index in [-0.39, 0.29) is 17.9 Å². The van der Waals surface area contributed by atoms with Gasteiger partial charge in [0.25, 0.3) is 5.91 Å². The van der Waals surface area contributed by atoms with Crippen LogP contribution in [0.4, 0.5) is 0 Å². The number of hydrogen-bond donors (Lipinski definition) is 3. The van der Waals surface area contributed by atoms with Gasteiger partial charge in [0.05, 0.1) is 6.20 Å². The third-order valence-corrected chi connectivity index (χ3v) is 3.29. The van der Waals surface area contributed by atoms with E-state index in [1.807, 2.05) is 18.2 Å². The maximum Gasteiger partial charge on any atom is 0.352 e. The summed E-state index contributed by atoms with van der Waals surface area (Å²) in [4.78, 5) is 26.2. The number of nitrogens with zero attached hydrogens (tertiary/aromatic N) is 3. The molecule has 1 aromatic carbocycles. The van der Waals surface area contributed by atoms with E-state index in [0.29, 0.717) is 11.1 Å². The second-order valence-electron chi connectivity index (χ2n) is 4.79. The summed E-state index contributed by atoms with van der Waals surface area (Å²) in [7, 11) is 1.66. The molecule has 0 atom stereocenters. The number of carboxylic acids is 1. The molecule has 0 fully saturated rings. The molecule has 0 aliphatic heterocycles. The number of carbonyl (C=O) groups excluding carboxylic acids is 1. The number of aromatic carboxylic acids is 1. The van der Waals surface area contributed by atoms with E-state index in [1.54, 1.807) is 13.1 Å². The van der Waals surface area contributed by atoms with Crippen molar-refractivity contribution in [3.05, 3.63) is 47.4 Å². The number of aromatic nitrogens is 4. The van der Waals surface area contributed by atoms with Crippen molar-refractivity contribution in [2.45, 2.75) is 6.54 Å². The van der Waals surface area contributed by atoms with Crippen LogP contribution in [0, 0.1) is 0 Å². The average Bonchev–Trinajstić information content (AvgIpc) is 3.08. The summed E-state index contributed by atoms with van der Waals surface area (Å²) in [6.07, 6.45) is 1.49. The molecular formula is C14H13N5O3. The number of amides is 1. The molecular weight excluding hydrogens is 286 g/mol. The van der Waals surface area contributed by atoms with Gasteiger partial charge in [0.1, 0.15) is 5.69 Å². The molecule has 3 aromatic rings. The Balaban J connectivity index is 1.88. The Morgan fingerprint density at radius 1 is 1.36 bits per heavy atom. The number of H-pyrrole nitrogens is 1. The highest BCUT2D eigenvalue weighted by Gasteiger charge is 2.18. The minimum absolute atomic E-state index is 0.0700. The van der Waals surface area contributed by atoms with Crippen LogP contribution in [0.3, 0.4) is 0 Å². The molecule has 0 aliphatic rings. The predicted octanol–water partition coefficient (Wildman–Crippen LogP) is 0.925. The third-order valence-electron chi connectivity index (χ3n) is 3.29. The van der Waals surface area contributed by atoms with Gasteiger partial charge < -0.3 is 15.4 Å². The number of nitrogens with one attached hydrogen (secondary N) is 2. The van der Waals surface area contributed by atoms with Gasteiger partial charge in [0, 0.05) is 30.1 Å². The number of fused-ring (bicyclic) bond motifs is 1. The Hall–Kier alpha value is -3.16. The standard InChI is InChI=1S/C14H13N5O3/c1-19-7-11(17-18-19)13(20)15-6-9-8-4-2-3-5-10(8)16-12(9)14(21)22/h2-5,7,16H,6H2,1H3,(H,15,20)(H,21,22). The Bertz CT molecular complexity index is 864. The van der Waals surface area contributed by atoms with Crippen LogP contribution in [0.2, 0.25) is 0 Å². The van der Waals surface area contributed by atoms with Crippen LogP contribution in [0.15, 0.2) is 30.5 Å². The summed E-state index contributed by atoms with van der Waals surface area (Å²) in [6.45, 7) is 0.0844. The van der Waals surface area contributed by atoms with E-state index in [2.05, 4.69) is 20.6 Å². The Labute approximate surface area is 124 Å². The number of rotatable bonds is 4. The highest BCUT2D eigenvalue weighted by Crippen LogP contribution is 2.22. The molecule has 0 unspecified atom stereocenters. The zero-order valence-corrected chi connectivity index (χ0v) is 11.7. The lowest BCUT2D eigenvalue weighted by molar-refractivity contribution is 0.0689. The van der Waals surface area contributed by atoms with Crippen LogP contribution >= 0.6 is 0 Å². The molecule has 3 rings (SSSR count). The molecule has 1 amide bonds. The summed E-state index contributed by atoms with van der Waals surface area (Å²) in [5.74, 6) is -1.48. The molecule has 0 radical (unpaired) electrons. The number of para-hydroxylation sites is 1. The maximum absolute atomic E-state index is 12.0. The lowest BCUT2D eigenvalue weighted by Gasteiger charge is -2.03. The first kappa shape index (κ1) is 13.8. The van der Waals surface area contributed by atoms with Gasteiger partial charge in [-0.05, 0) is 6.07 Å². The largest absolute Gasteiger partial charge is 0.477 e. The monoisotopic (exact) mass is 299 g/mol. The van der Waals surface area contributed by atoms with Crippen molar-refractivity contribution in [1.29, 1.82) is 0 Å². The Morgan fingerprint density at radius 3 is 2.82 bits per heavy atom. The molecule has 0 saturated heterocycles. The fourth-order valence-corrected chi connectivity index (χ4v) is 2.28. The molecule has 112 valence electrons. The van der Waals surface area contributed by atoms with E-state index >= 15 is 0 Å². The van der Waals surface area contributed by atoms with Crippen molar-refractivity contribution in [2.75, 3.05) is 0 Å². The number of aromatic amines is 1. The molecule has 0 bridgehead atoms. The van der Waals surface area contributed by atoms with Gasteiger partial charge in [-0.15, -0.1) is 5.10 Å². The summed E-state index contributed by atoms with van der Waals surface area (Å²) < 4.78 is 1.42. The number of carboxylic acid groups (broad SMARTS) is 1. The molecule has 2 heterocycles. The minimum atomic E-state index is -1.07. The number of benzene rings is 1.